The maximum Gasteiger partial charge on any atom is 0.0319 e. The maximum absolute atomic E-state index is 7.00. The Morgan fingerprint density at radius 1 is 0.710 bits per heavy atom. The molecule has 2 aromatic carbocycles. The third-order valence-corrected chi connectivity index (χ3v) is 9.60. The molecule has 2 aliphatic carbocycles. The van der Waals surface area contributed by atoms with Crippen LogP contribution in [-0.4, -0.2) is 23.5 Å². The van der Waals surface area contributed by atoms with Gasteiger partial charge < -0.3 is 5.11 Å². The Balaban J connectivity index is 0.000000340. The van der Waals surface area contributed by atoms with Crippen LogP contribution in [0.15, 0.2) is 66.7 Å². The predicted octanol–water partition coefficient (Wildman–Crippen LogP) is 7.60. The first kappa shape index (κ1) is 28.1. The maximum atomic E-state index is 7.00. The van der Waals surface area contributed by atoms with E-state index in [9.17, 15) is 0 Å². The molecule has 0 heterocycles. The van der Waals surface area contributed by atoms with Gasteiger partial charge in [-0.3, -0.25) is 0 Å². The molecule has 0 aliphatic heterocycles. The van der Waals surface area contributed by atoms with E-state index in [1.54, 1.807) is 11.4 Å². The number of benzene rings is 2. The fraction of sp³-hybridized carbons (Fsp3) is 0.464. The predicted molar refractivity (Wildman–Crippen MR) is 136 cm³/mol. The van der Waals surface area contributed by atoms with Crippen molar-refractivity contribution >= 4 is 19.3 Å². The molecule has 4 rings (SSSR count). The molecule has 1 nitrogen and oxygen atoms in total. The second-order valence-corrected chi connectivity index (χ2v) is 10.9. The molecule has 0 bridgehead atoms. The summed E-state index contributed by atoms with van der Waals surface area (Å²) in [6, 6.07) is 21.7. The quantitative estimate of drug-likeness (QED) is 0.352. The molecule has 0 spiro atoms. The van der Waals surface area contributed by atoms with Gasteiger partial charge in [0, 0.05) is 23.6 Å². The molecule has 0 amide bonds. The first-order valence-electron chi connectivity index (χ1n) is 11.7. The molecule has 2 fully saturated rings. The molecule has 2 saturated carbocycles. The smallest absolute Gasteiger partial charge is 0.0319 e. The third kappa shape index (κ3) is 10.0. The summed E-state index contributed by atoms with van der Waals surface area (Å²) in [6.45, 7) is 3.60. The van der Waals surface area contributed by atoms with Crippen LogP contribution in [-0.2, 0) is 16.5 Å². The van der Waals surface area contributed by atoms with Crippen LogP contribution < -0.4 is 5.30 Å². The Morgan fingerprint density at radius 2 is 1.13 bits per heavy atom. The molecular formula is C28H40NiOP. The molecular weight excluding hydrogens is 442 g/mol. The van der Waals surface area contributed by atoms with Crippen LogP contribution in [0.2, 0.25) is 0 Å². The number of allylic oxidation sites excluding steroid dienone is 1. The monoisotopic (exact) mass is 481 g/mol. The Morgan fingerprint density at radius 3 is 1.55 bits per heavy atom. The summed E-state index contributed by atoms with van der Waals surface area (Å²) < 4.78 is 0. The van der Waals surface area contributed by atoms with E-state index >= 15 is 0 Å². The molecule has 0 unspecified atom stereocenters. The van der Waals surface area contributed by atoms with Gasteiger partial charge in [0.15, 0.2) is 0 Å². The van der Waals surface area contributed by atoms with Gasteiger partial charge in [0.2, 0.25) is 0 Å². The van der Waals surface area contributed by atoms with Gasteiger partial charge in [-0.25, -0.2) is 0 Å². The van der Waals surface area contributed by atoms with Crippen molar-refractivity contribution in [2.75, 3.05) is 7.11 Å². The van der Waals surface area contributed by atoms with Crippen molar-refractivity contribution in [1.29, 1.82) is 0 Å². The first-order chi connectivity index (χ1) is 14.9. The number of aliphatic hydroxyl groups is 1. The summed E-state index contributed by atoms with van der Waals surface area (Å²) in [5.74, 6) is 0. The van der Waals surface area contributed by atoms with E-state index in [0.29, 0.717) is 0 Å². The van der Waals surface area contributed by atoms with Crippen molar-refractivity contribution in [3.63, 3.8) is 0 Å². The topological polar surface area (TPSA) is 20.2 Å². The summed E-state index contributed by atoms with van der Waals surface area (Å²) in [6.07, 6.45) is 18.7. The molecule has 1 radical (unpaired) electrons. The van der Waals surface area contributed by atoms with Crippen molar-refractivity contribution in [3.05, 3.63) is 79.2 Å². The third-order valence-electron chi connectivity index (χ3n) is 6.10. The standard InChI is InChI=1S/C18H27P.C9H9.CH4O.Ni/c1-4-10-16(11-5-1)19(17-12-6-2-7-13-17)18-14-8-3-9-15-18;1-2-6-9-7-4-3-5-8-9;1-2;/h1,4-5,10-11,17-18H,2-3,6-9,12-15H2;2-8H,1H2;2H,1H3;/b;6-2+;;. The molecule has 0 atom stereocenters. The van der Waals surface area contributed by atoms with Gasteiger partial charge in [0.1, 0.15) is 0 Å². The number of aliphatic hydroxyl groups excluding tert-OH is 1. The number of hydrogen-bond acceptors (Lipinski definition) is 1. The second-order valence-electron chi connectivity index (χ2n) is 8.14. The molecule has 31 heavy (non-hydrogen) atoms. The van der Waals surface area contributed by atoms with Crippen molar-refractivity contribution in [3.8, 4) is 0 Å². The van der Waals surface area contributed by atoms with Crippen molar-refractivity contribution in [2.45, 2.75) is 75.5 Å². The van der Waals surface area contributed by atoms with E-state index in [1.807, 2.05) is 36.4 Å². The zero-order valence-electron chi connectivity index (χ0n) is 19.1. The van der Waals surface area contributed by atoms with E-state index in [2.05, 4.69) is 37.3 Å². The minimum Gasteiger partial charge on any atom is -0.400 e. The van der Waals surface area contributed by atoms with Gasteiger partial charge in [0.25, 0.3) is 0 Å². The Bertz CT molecular complexity index is 659. The van der Waals surface area contributed by atoms with Crippen molar-refractivity contribution < 1.29 is 21.6 Å². The van der Waals surface area contributed by atoms with E-state index < -0.39 is 0 Å². The SMILES string of the molecule is CO.[CH2]/C=C/c1ccccc1.[Ni].c1ccc(P(C2CCCCC2)C2CCCCC2)cc1. The molecule has 2 aromatic rings. The zero-order valence-corrected chi connectivity index (χ0v) is 21.0. The van der Waals surface area contributed by atoms with E-state index in [0.717, 1.165) is 18.4 Å². The molecule has 173 valence electrons. The van der Waals surface area contributed by atoms with Crippen LogP contribution >= 0.6 is 7.92 Å². The Labute approximate surface area is 202 Å². The van der Waals surface area contributed by atoms with Gasteiger partial charge in [-0.1, -0.05) is 119 Å². The minimum atomic E-state index is 0. The summed E-state index contributed by atoms with van der Waals surface area (Å²) in [7, 11) is 1.11. The van der Waals surface area contributed by atoms with Crippen molar-refractivity contribution in [2.24, 2.45) is 0 Å². The molecule has 0 aromatic heterocycles. The van der Waals surface area contributed by atoms with Crippen LogP contribution in [0.5, 0.6) is 0 Å². The van der Waals surface area contributed by atoms with Gasteiger partial charge in [-0.15, -0.1) is 0 Å². The molecule has 1 N–H and O–H groups in total. The van der Waals surface area contributed by atoms with Gasteiger partial charge in [-0.05, 0) is 54.8 Å². The summed E-state index contributed by atoms with van der Waals surface area (Å²) in [4.78, 5) is 0. The van der Waals surface area contributed by atoms with Crippen LogP contribution in [0.1, 0.15) is 69.8 Å². The fourth-order valence-electron chi connectivity index (χ4n) is 4.74. The van der Waals surface area contributed by atoms with E-state index in [4.69, 9.17) is 5.11 Å². The largest absolute Gasteiger partial charge is 0.400 e. The molecule has 2 aliphatic rings. The van der Waals surface area contributed by atoms with E-state index in [-0.39, 0.29) is 24.4 Å². The van der Waals surface area contributed by atoms with Gasteiger partial charge in [0.05, 0.1) is 0 Å². The van der Waals surface area contributed by atoms with Crippen molar-refractivity contribution in [1.82, 2.24) is 0 Å². The average molecular weight is 482 g/mol. The summed E-state index contributed by atoms with van der Waals surface area (Å²) in [5, 5.41) is 8.70. The fourth-order valence-corrected chi connectivity index (χ4v) is 8.54. The first-order valence-corrected chi connectivity index (χ1v) is 13.2. The van der Waals surface area contributed by atoms with Gasteiger partial charge in [-0.2, -0.15) is 0 Å². The summed E-state index contributed by atoms with van der Waals surface area (Å²) >= 11 is 0. The summed E-state index contributed by atoms with van der Waals surface area (Å²) in [5.41, 5.74) is 3.27. The van der Waals surface area contributed by atoms with Crippen LogP contribution in [0.25, 0.3) is 6.08 Å². The van der Waals surface area contributed by atoms with E-state index in [1.165, 1.54) is 69.8 Å². The Hall–Kier alpha value is -0.936. The van der Waals surface area contributed by atoms with Gasteiger partial charge >= 0.3 is 0 Å². The van der Waals surface area contributed by atoms with Crippen LogP contribution in [0.4, 0.5) is 0 Å². The normalized spacial score (nSPS) is 17.2. The number of hydrogen-bond donors (Lipinski definition) is 1. The average Bonchev–Trinajstić information content (AvgIpc) is 2.84. The van der Waals surface area contributed by atoms with Crippen LogP contribution in [0, 0.1) is 6.92 Å². The zero-order chi connectivity index (χ0) is 21.4. The minimum absolute atomic E-state index is 0. The second kappa shape index (κ2) is 17.6. The Kier molecular flexibility index (Phi) is 16.0. The molecule has 3 heteroatoms. The van der Waals surface area contributed by atoms with Crippen LogP contribution in [0.3, 0.4) is 0 Å². The number of rotatable bonds is 4. The molecule has 0 saturated heterocycles.